The molecule has 0 aliphatic rings. The van der Waals surface area contributed by atoms with Crippen LogP contribution in [0.3, 0.4) is 0 Å². The standard InChI is InChI=1S/C10H13N3O3/c1-5-4-8(6(2)13-12-5)9(14)11-7(3)10(15)16/h4,7H,1-3H3,(H,11,14)(H,15,16)/t7-/m0/s1. The Morgan fingerprint density at radius 2 is 2.00 bits per heavy atom. The minimum Gasteiger partial charge on any atom is -0.480 e. The lowest BCUT2D eigenvalue weighted by atomic mass is 10.2. The molecule has 0 aliphatic carbocycles. The fraction of sp³-hybridized carbons (Fsp3) is 0.400. The van der Waals surface area contributed by atoms with E-state index >= 15 is 0 Å². The maximum Gasteiger partial charge on any atom is 0.325 e. The summed E-state index contributed by atoms with van der Waals surface area (Å²) in [6.07, 6.45) is 0. The quantitative estimate of drug-likeness (QED) is 0.768. The largest absolute Gasteiger partial charge is 0.480 e. The van der Waals surface area contributed by atoms with Crippen LogP contribution in [-0.2, 0) is 4.79 Å². The molecule has 0 fully saturated rings. The second kappa shape index (κ2) is 4.69. The Morgan fingerprint density at radius 3 is 2.56 bits per heavy atom. The van der Waals surface area contributed by atoms with Crippen LogP contribution in [0.2, 0.25) is 0 Å². The number of carbonyl (C=O) groups is 2. The van der Waals surface area contributed by atoms with E-state index in [0.29, 0.717) is 17.0 Å². The zero-order chi connectivity index (χ0) is 12.3. The summed E-state index contributed by atoms with van der Waals surface area (Å²) < 4.78 is 0. The highest BCUT2D eigenvalue weighted by atomic mass is 16.4. The number of amides is 1. The van der Waals surface area contributed by atoms with E-state index in [4.69, 9.17) is 5.11 Å². The van der Waals surface area contributed by atoms with Crippen LogP contribution >= 0.6 is 0 Å². The van der Waals surface area contributed by atoms with Gasteiger partial charge in [-0.2, -0.15) is 10.2 Å². The fourth-order valence-corrected chi connectivity index (χ4v) is 1.12. The first-order chi connectivity index (χ1) is 7.41. The smallest absolute Gasteiger partial charge is 0.325 e. The van der Waals surface area contributed by atoms with Gasteiger partial charge in [0.25, 0.3) is 5.91 Å². The number of aliphatic carboxylic acids is 1. The van der Waals surface area contributed by atoms with Gasteiger partial charge in [-0.05, 0) is 26.8 Å². The van der Waals surface area contributed by atoms with Gasteiger partial charge in [0.15, 0.2) is 0 Å². The van der Waals surface area contributed by atoms with Crippen LogP contribution < -0.4 is 5.32 Å². The van der Waals surface area contributed by atoms with Gasteiger partial charge in [-0.1, -0.05) is 0 Å². The molecule has 1 amide bonds. The lowest BCUT2D eigenvalue weighted by Gasteiger charge is -2.10. The lowest BCUT2D eigenvalue weighted by Crippen LogP contribution is -2.38. The van der Waals surface area contributed by atoms with Gasteiger partial charge in [0.05, 0.1) is 17.0 Å². The number of nitrogens with zero attached hydrogens (tertiary/aromatic N) is 2. The number of carboxylic acids is 1. The summed E-state index contributed by atoms with van der Waals surface area (Å²) in [7, 11) is 0. The molecule has 6 nitrogen and oxygen atoms in total. The maximum atomic E-state index is 11.7. The molecule has 0 aromatic carbocycles. The molecule has 16 heavy (non-hydrogen) atoms. The van der Waals surface area contributed by atoms with Crippen LogP contribution in [0.15, 0.2) is 6.07 Å². The first kappa shape index (κ1) is 12.1. The molecule has 1 rings (SSSR count). The number of carboxylic acid groups (broad SMARTS) is 1. The highest BCUT2D eigenvalue weighted by molar-refractivity contribution is 5.97. The molecule has 1 heterocycles. The third kappa shape index (κ3) is 2.75. The van der Waals surface area contributed by atoms with Crippen LogP contribution in [-0.4, -0.2) is 33.2 Å². The summed E-state index contributed by atoms with van der Waals surface area (Å²) in [6.45, 7) is 4.76. The van der Waals surface area contributed by atoms with E-state index in [1.165, 1.54) is 6.92 Å². The molecule has 0 saturated carbocycles. The molecule has 2 N–H and O–H groups in total. The number of hydrogen-bond acceptors (Lipinski definition) is 4. The van der Waals surface area contributed by atoms with Gasteiger partial charge in [-0.3, -0.25) is 9.59 Å². The molecule has 0 spiro atoms. The molecule has 1 atom stereocenters. The number of hydrogen-bond donors (Lipinski definition) is 2. The monoisotopic (exact) mass is 223 g/mol. The molecule has 1 aromatic rings. The van der Waals surface area contributed by atoms with Crippen molar-refractivity contribution in [2.45, 2.75) is 26.8 Å². The predicted molar refractivity (Wildman–Crippen MR) is 56.1 cm³/mol. The van der Waals surface area contributed by atoms with Crippen molar-refractivity contribution in [3.05, 3.63) is 23.0 Å². The summed E-state index contributed by atoms with van der Waals surface area (Å²) in [6, 6.07) is 0.645. The molecular weight excluding hydrogens is 210 g/mol. The molecule has 0 saturated heterocycles. The Morgan fingerprint density at radius 1 is 1.38 bits per heavy atom. The SMILES string of the molecule is Cc1cc(C(=O)N[C@@H](C)C(=O)O)c(C)nn1. The van der Waals surface area contributed by atoms with Gasteiger partial charge in [0.2, 0.25) is 0 Å². The van der Waals surface area contributed by atoms with Crippen LogP contribution in [0.25, 0.3) is 0 Å². The van der Waals surface area contributed by atoms with E-state index in [1.54, 1.807) is 19.9 Å². The van der Waals surface area contributed by atoms with E-state index in [9.17, 15) is 9.59 Å². The second-order valence-corrected chi connectivity index (χ2v) is 3.52. The summed E-state index contributed by atoms with van der Waals surface area (Å²) in [5, 5.41) is 18.6. The van der Waals surface area contributed by atoms with E-state index in [-0.39, 0.29) is 0 Å². The Balaban J connectivity index is 2.88. The molecule has 0 bridgehead atoms. The van der Waals surface area contributed by atoms with Crippen LogP contribution in [0.5, 0.6) is 0 Å². The molecule has 0 unspecified atom stereocenters. The van der Waals surface area contributed by atoms with E-state index < -0.39 is 17.9 Å². The second-order valence-electron chi connectivity index (χ2n) is 3.52. The fourth-order valence-electron chi connectivity index (χ4n) is 1.12. The van der Waals surface area contributed by atoms with Gasteiger partial charge in [-0.25, -0.2) is 0 Å². The van der Waals surface area contributed by atoms with E-state index in [2.05, 4.69) is 15.5 Å². The van der Waals surface area contributed by atoms with Gasteiger partial charge < -0.3 is 10.4 Å². The molecular formula is C10H13N3O3. The van der Waals surface area contributed by atoms with Crippen LogP contribution in [0.1, 0.15) is 28.7 Å². The molecule has 86 valence electrons. The van der Waals surface area contributed by atoms with Crippen molar-refractivity contribution in [3.8, 4) is 0 Å². The minimum atomic E-state index is -1.08. The van der Waals surface area contributed by atoms with Crippen molar-refractivity contribution >= 4 is 11.9 Å². The van der Waals surface area contributed by atoms with Crippen molar-refractivity contribution in [1.82, 2.24) is 15.5 Å². The van der Waals surface area contributed by atoms with E-state index in [1.807, 2.05) is 0 Å². The normalized spacial score (nSPS) is 11.9. The zero-order valence-electron chi connectivity index (χ0n) is 9.31. The molecule has 6 heteroatoms. The number of nitrogens with one attached hydrogen (secondary N) is 1. The maximum absolute atomic E-state index is 11.7. The Hall–Kier alpha value is -1.98. The Labute approximate surface area is 92.7 Å². The average Bonchev–Trinajstić information content (AvgIpc) is 2.21. The Bertz CT molecular complexity index is 431. The number of carbonyl (C=O) groups excluding carboxylic acids is 1. The van der Waals surface area contributed by atoms with Crippen molar-refractivity contribution in [3.63, 3.8) is 0 Å². The number of aryl methyl sites for hydroxylation is 2. The van der Waals surface area contributed by atoms with Crippen LogP contribution in [0.4, 0.5) is 0 Å². The third-order valence-electron chi connectivity index (χ3n) is 2.06. The number of rotatable bonds is 3. The third-order valence-corrected chi connectivity index (χ3v) is 2.06. The van der Waals surface area contributed by atoms with Crippen molar-refractivity contribution < 1.29 is 14.7 Å². The van der Waals surface area contributed by atoms with Crippen molar-refractivity contribution in [2.24, 2.45) is 0 Å². The first-order valence-corrected chi connectivity index (χ1v) is 4.76. The topological polar surface area (TPSA) is 92.2 Å². The van der Waals surface area contributed by atoms with Gasteiger partial charge in [0, 0.05) is 0 Å². The first-order valence-electron chi connectivity index (χ1n) is 4.76. The predicted octanol–water partition coefficient (Wildman–Crippen LogP) is 0.296. The number of aromatic nitrogens is 2. The Kier molecular flexibility index (Phi) is 3.55. The zero-order valence-corrected chi connectivity index (χ0v) is 9.31. The molecule has 0 radical (unpaired) electrons. The van der Waals surface area contributed by atoms with E-state index in [0.717, 1.165) is 0 Å². The molecule has 0 aliphatic heterocycles. The lowest BCUT2D eigenvalue weighted by molar-refractivity contribution is -0.138. The summed E-state index contributed by atoms with van der Waals surface area (Å²) in [5.41, 5.74) is 1.43. The van der Waals surface area contributed by atoms with Crippen molar-refractivity contribution in [1.29, 1.82) is 0 Å². The van der Waals surface area contributed by atoms with Gasteiger partial charge in [0.1, 0.15) is 6.04 Å². The van der Waals surface area contributed by atoms with Gasteiger partial charge in [-0.15, -0.1) is 0 Å². The average molecular weight is 223 g/mol. The van der Waals surface area contributed by atoms with Gasteiger partial charge >= 0.3 is 5.97 Å². The minimum absolute atomic E-state index is 0.348. The molecule has 1 aromatic heterocycles. The van der Waals surface area contributed by atoms with Crippen LogP contribution in [0, 0.1) is 13.8 Å². The highest BCUT2D eigenvalue weighted by Crippen LogP contribution is 2.05. The highest BCUT2D eigenvalue weighted by Gasteiger charge is 2.17. The van der Waals surface area contributed by atoms with Crippen molar-refractivity contribution in [2.75, 3.05) is 0 Å². The summed E-state index contributed by atoms with van der Waals surface area (Å²) >= 11 is 0. The summed E-state index contributed by atoms with van der Waals surface area (Å²) in [4.78, 5) is 22.3. The summed E-state index contributed by atoms with van der Waals surface area (Å²) in [5.74, 6) is -1.53.